The summed E-state index contributed by atoms with van der Waals surface area (Å²) in [5.74, 6) is -2.48. The van der Waals surface area contributed by atoms with Gasteiger partial charge in [-0.1, -0.05) is 0 Å². The number of ether oxygens (including phenoxy) is 2. The van der Waals surface area contributed by atoms with Crippen molar-refractivity contribution < 1.29 is 28.7 Å². The zero-order valence-electron chi connectivity index (χ0n) is 12.7. The summed E-state index contributed by atoms with van der Waals surface area (Å²) in [5.41, 5.74) is 3.76. The summed E-state index contributed by atoms with van der Waals surface area (Å²) in [6, 6.07) is -1.11. The van der Waals surface area contributed by atoms with Gasteiger partial charge in [0.1, 0.15) is 17.3 Å². The summed E-state index contributed by atoms with van der Waals surface area (Å²) >= 11 is 0. The normalized spacial score (nSPS) is 20.9. The molecule has 0 bridgehead atoms. The zero-order chi connectivity index (χ0) is 16.7. The van der Waals surface area contributed by atoms with Crippen LogP contribution < -0.4 is 10.9 Å². The maximum absolute atomic E-state index is 12.3. The van der Waals surface area contributed by atoms with Gasteiger partial charge in [0.25, 0.3) is 11.8 Å². The zero-order valence-corrected chi connectivity index (χ0v) is 12.7. The first-order chi connectivity index (χ1) is 10.2. The fraction of sp³-hybridized carbons (Fsp3) is 0.538. The smallest absolute Gasteiger partial charge is 0.424 e. The first-order valence-corrected chi connectivity index (χ1v) is 6.71. The molecule has 1 atom stereocenters. The van der Waals surface area contributed by atoms with Gasteiger partial charge in [-0.05, 0) is 27.7 Å². The van der Waals surface area contributed by atoms with Crippen LogP contribution in [0.25, 0.3) is 0 Å². The number of nitrogens with one attached hydrogen (secondary N) is 2. The predicted molar refractivity (Wildman–Crippen MR) is 71.8 cm³/mol. The summed E-state index contributed by atoms with van der Waals surface area (Å²) in [4.78, 5) is 48.6. The van der Waals surface area contributed by atoms with Crippen LogP contribution in [0.15, 0.2) is 11.3 Å². The molecule has 0 saturated carbocycles. The standard InChI is InChI=1S/C13H17N3O6/c1-5-21-11(19)8-6-7(14-15-8)10(18)16(9(6)17)12(20)22-13(2,3)4/h7,14-15H,5H2,1-4H3. The van der Waals surface area contributed by atoms with E-state index in [0.29, 0.717) is 4.90 Å². The van der Waals surface area contributed by atoms with Gasteiger partial charge < -0.3 is 14.9 Å². The second kappa shape index (κ2) is 5.41. The molecular formula is C13H17N3O6. The molecule has 0 radical (unpaired) electrons. The Hall–Kier alpha value is -2.42. The lowest BCUT2D eigenvalue weighted by atomic mass is 10.1. The molecule has 22 heavy (non-hydrogen) atoms. The summed E-state index contributed by atoms with van der Waals surface area (Å²) in [5, 5.41) is 0. The monoisotopic (exact) mass is 311 g/mol. The van der Waals surface area contributed by atoms with Crippen molar-refractivity contribution in [1.29, 1.82) is 0 Å². The Morgan fingerprint density at radius 3 is 2.45 bits per heavy atom. The number of fused-ring (bicyclic) bond motifs is 1. The minimum absolute atomic E-state index is 0.111. The lowest BCUT2D eigenvalue weighted by Crippen LogP contribution is -2.46. The minimum Gasteiger partial charge on any atom is -0.461 e. The third-order valence-electron chi connectivity index (χ3n) is 2.86. The molecule has 1 unspecified atom stereocenters. The number of hydrazine groups is 1. The number of esters is 1. The number of likely N-dealkylation sites (tertiary alicyclic amines) is 1. The second-order valence-corrected chi connectivity index (χ2v) is 5.67. The van der Waals surface area contributed by atoms with Crippen molar-refractivity contribution in [2.45, 2.75) is 39.3 Å². The van der Waals surface area contributed by atoms with Crippen molar-refractivity contribution in [3.8, 4) is 0 Å². The van der Waals surface area contributed by atoms with E-state index in [4.69, 9.17) is 9.47 Å². The van der Waals surface area contributed by atoms with Crippen LogP contribution in [0.4, 0.5) is 4.79 Å². The van der Waals surface area contributed by atoms with E-state index in [1.165, 1.54) is 0 Å². The summed E-state index contributed by atoms with van der Waals surface area (Å²) in [6.07, 6.45) is -1.07. The molecule has 3 amide bonds. The molecule has 0 aromatic rings. The van der Waals surface area contributed by atoms with E-state index < -0.39 is 35.5 Å². The van der Waals surface area contributed by atoms with Gasteiger partial charge in [0.15, 0.2) is 0 Å². The van der Waals surface area contributed by atoms with E-state index in [2.05, 4.69) is 10.9 Å². The SMILES string of the molecule is CCOC(=O)C1=C2C(=O)N(C(=O)OC(C)(C)C)C(=O)C2NN1. The Bertz CT molecular complexity index is 589. The quantitative estimate of drug-likeness (QED) is 0.522. The van der Waals surface area contributed by atoms with Crippen LogP contribution in [0.2, 0.25) is 0 Å². The number of amides is 3. The minimum atomic E-state index is -1.11. The molecule has 2 aliphatic heterocycles. The molecule has 0 aromatic heterocycles. The van der Waals surface area contributed by atoms with Gasteiger partial charge in [0, 0.05) is 0 Å². The number of hydrogen-bond acceptors (Lipinski definition) is 8. The maximum atomic E-state index is 12.3. The number of carbonyl (C=O) groups excluding carboxylic acids is 4. The highest BCUT2D eigenvalue weighted by molar-refractivity contribution is 6.26. The second-order valence-electron chi connectivity index (χ2n) is 5.67. The van der Waals surface area contributed by atoms with Crippen LogP contribution in [0, 0.1) is 0 Å². The number of hydrogen-bond donors (Lipinski definition) is 2. The lowest BCUT2D eigenvalue weighted by Gasteiger charge is -2.22. The van der Waals surface area contributed by atoms with Crippen LogP contribution in [0.3, 0.4) is 0 Å². The fourth-order valence-corrected chi connectivity index (χ4v) is 2.04. The Morgan fingerprint density at radius 2 is 1.91 bits per heavy atom. The van der Waals surface area contributed by atoms with Crippen LogP contribution >= 0.6 is 0 Å². The highest BCUT2D eigenvalue weighted by atomic mass is 16.6. The first-order valence-electron chi connectivity index (χ1n) is 6.71. The Labute approximate surface area is 126 Å². The average Bonchev–Trinajstić information content (AvgIpc) is 2.89. The highest BCUT2D eigenvalue weighted by Crippen LogP contribution is 2.27. The van der Waals surface area contributed by atoms with Crippen LogP contribution in [-0.4, -0.2) is 47.0 Å². The largest absolute Gasteiger partial charge is 0.461 e. The van der Waals surface area contributed by atoms with E-state index in [1.54, 1.807) is 27.7 Å². The van der Waals surface area contributed by atoms with E-state index >= 15 is 0 Å². The molecule has 9 heteroatoms. The average molecular weight is 311 g/mol. The number of imide groups is 3. The van der Waals surface area contributed by atoms with Crippen molar-refractivity contribution in [2.24, 2.45) is 0 Å². The molecule has 2 N–H and O–H groups in total. The van der Waals surface area contributed by atoms with Crippen LogP contribution in [0.1, 0.15) is 27.7 Å². The van der Waals surface area contributed by atoms with Gasteiger partial charge in [0.2, 0.25) is 0 Å². The Kier molecular flexibility index (Phi) is 3.92. The number of carbonyl (C=O) groups is 4. The van der Waals surface area contributed by atoms with Gasteiger partial charge in [0.05, 0.1) is 12.2 Å². The summed E-state index contributed by atoms with van der Waals surface area (Å²) in [7, 11) is 0. The molecule has 9 nitrogen and oxygen atoms in total. The molecule has 0 aromatic carbocycles. The van der Waals surface area contributed by atoms with Crippen molar-refractivity contribution in [2.75, 3.05) is 6.61 Å². The molecule has 0 aliphatic carbocycles. The van der Waals surface area contributed by atoms with Crippen LogP contribution in [0.5, 0.6) is 0 Å². The first kappa shape index (κ1) is 16.0. The van der Waals surface area contributed by atoms with Gasteiger partial charge in [-0.25, -0.2) is 15.0 Å². The third kappa shape index (κ3) is 2.67. The predicted octanol–water partition coefficient (Wildman–Crippen LogP) is -0.416. The van der Waals surface area contributed by atoms with Gasteiger partial charge in [-0.15, -0.1) is 0 Å². The maximum Gasteiger partial charge on any atom is 0.424 e. The van der Waals surface area contributed by atoms with E-state index in [9.17, 15) is 19.2 Å². The van der Waals surface area contributed by atoms with E-state index in [0.717, 1.165) is 0 Å². The molecule has 1 saturated heterocycles. The Balaban J connectivity index is 2.31. The Morgan fingerprint density at radius 1 is 1.27 bits per heavy atom. The van der Waals surface area contributed by atoms with Crippen molar-refractivity contribution in [3.05, 3.63) is 11.3 Å². The van der Waals surface area contributed by atoms with Gasteiger partial charge in [-0.2, -0.15) is 4.90 Å². The van der Waals surface area contributed by atoms with E-state index in [1.807, 2.05) is 0 Å². The molecule has 1 fully saturated rings. The third-order valence-corrected chi connectivity index (χ3v) is 2.86. The molecule has 0 spiro atoms. The van der Waals surface area contributed by atoms with Gasteiger partial charge >= 0.3 is 12.1 Å². The fourth-order valence-electron chi connectivity index (χ4n) is 2.04. The molecule has 2 aliphatic rings. The lowest BCUT2D eigenvalue weighted by molar-refractivity contribution is -0.141. The summed E-state index contributed by atoms with van der Waals surface area (Å²) < 4.78 is 9.83. The van der Waals surface area contributed by atoms with Crippen molar-refractivity contribution in [3.63, 3.8) is 0 Å². The highest BCUT2D eigenvalue weighted by Gasteiger charge is 2.53. The topological polar surface area (TPSA) is 114 Å². The van der Waals surface area contributed by atoms with E-state index in [-0.39, 0.29) is 17.9 Å². The number of rotatable bonds is 2. The molecule has 120 valence electrons. The molecule has 2 rings (SSSR count). The van der Waals surface area contributed by atoms with Crippen molar-refractivity contribution >= 4 is 23.9 Å². The summed E-state index contributed by atoms with van der Waals surface area (Å²) in [6.45, 7) is 6.55. The molecule has 2 heterocycles. The number of nitrogens with zero attached hydrogens (tertiary/aromatic N) is 1. The molecular weight excluding hydrogens is 294 g/mol. The van der Waals surface area contributed by atoms with Gasteiger partial charge in [-0.3, -0.25) is 9.59 Å². The van der Waals surface area contributed by atoms with Crippen LogP contribution in [-0.2, 0) is 23.9 Å². The van der Waals surface area contributed by atoms with Crippen molar-refractivity contribution in [1.82, 2.24) is 15.8 Å².